The van der Waals surface area contributed by atoms with E-state index < -0.39 is 11.9 Å². The molecule has 4 heterocycles. The molecule has 8 nitrogen and oxygen atoms in total. The maximum absolute atomic E-state index is 12.2. The number of carbonyl (C=O) groups is 2. The summed E-state index contributed by atoms with van der Waals surface area (Å²) in [6.45, 7) is 8.76. The molecule has 0 aliphatic heterocycles. The van der Waals surface area contributed by atoms with E-state index in [0.29, 0.717) is 44.0 Å². The van der Waals surface area contributed by atoms with Crippen molar-refractivity contribution in [2.24, 2.45) is 0 Å². The van der Waals surface area contributed by atoms with Crippen molar-refractivity contribution in [1.29, 1.82) is 0 Å². The Kier molecular flexibility index (Phi) is 17.0. The highest BCUT2D eigenvalue weighted by Gasteiger charge is 2.26. The van der Waals surface area contributed by atoms with Crippen LogP contribution < -0.4 is 0 Å². The molecule has 12 heteroatoms. The second-order valence-electron chi connectivity index (χ2n) is 13.0. The van der Waals surface area contributed by atoms with Crippen molar-refractivity contribution in [3.8, 4) is 29.8 Å². The molecule has 0 saturated heterocycles. The Morgan fingerprint density at radius 2 is 0.700 bits per heavy atom. The van der Waals surface area contributed by atoms with Crippen LogP contribution in [0.5, 0.6) is 0 Å². The Labute approximate surface area is 313 Å². The van der Waals surface area contributed by atoms with Gasteiger partial charge in [0, 0.05) is 0 Å². The Balaban J connectivity index is 1.76. The summed E-state index contributed by atoms with van der Waals surface area (Å²) in [5, 5.41) is 22.9. The summed E-state index contributed by atoms with van der Waals surface area (Å²) in [7, 11) is 0. The van der Waals surface area contributed by atoms with Crippen LogP contribution in [-0.4, -0.2) is 42.1 Å². The summed E-state index contributed by atoms with van der Waals surface area (Å²) in [4.78, 5) is 47.4. The number of carboxylic acids is 2. The third-order valence-electron chi connectivity index (χ3n) is 8.82. The van der Waals surface area contributed by atoms with Gasteiger partial charge in [0.05, 0.1) is 32.5 Å². The quantitative estimate of drug-likeness (QED) is 0.0640. The maximum Gasteiger partial charge on any atom is 0.347 e. The Morgan fingerprint density at radius 3 is 1.00 bits per heavy atom. The van der Waals surface area contributed by atoms with Crippen molar-refractivity contribution < 1.29 is 19.8 Å². The molecule has 0 bridgehead atoms. The van der Waals surface area contributed by atoms with Crippen molar-refractivity contribution in [2.75, 3.05) is 0 Å². The van der Waals surface area contributed by atoms with Gasteiger partial charge in [0.1, 0.15) is 9.75 Å². The second kappa shape index (κ2) is 21.1. The predicted molar refractivity (Wildman–Crippen MR) is 211 cm³/mol. The average Bonchev–Trinajstić information content (AvgIpc) is 3.90. The number of carboxylic acid groups (broad SMARTS) is 2. The Bertz CT molecular complexity index is 1530. The number of aromatic carboxylic acids is 2. The van der Waals surface area contributed by atoms with Crippen LogP contribution in [0.25, 0.3) is 29.8 Å². The maximum atomic E-state index is 12.2. The van der Waals surface area contributed by atoms with Gasteiger partial charge in [0.25, 0.3) is 0 Å². The standard InChI is InChI=1S/C38H54N4O4S4/c1-5-9-13-17-21-25-29(47-33(39-25)35-41-27(23-19-15-11-7-3)31(49-35)37(43)44)30-26(22-18-14-10-6-2)40-34(48-30)36-42-28(24-20-16-12-8-4)32(50-36)38(45)46/h5-24H2,1-4H3,(H,43,44)(H,45,46). The molecular formula is C38H54N4O4S4. The third-order valence-corrected chi connectivity index (χ3v) is 13.6. The van der Waals surface area contributed by atoms with E-state index in [4.69, 9.17) is 19.9 Å². The van der Waals surface area contributed by atoms with Crippen LogP contribution in [-0.2, 0) is 25.7 Å². The van der Waals surface area contributed by atoms with Crippen LogP contribution in [0.3, 0.4) is 0 Å². The van der Waals surface area contributed by atoms with Crippen LogP contribution in [0.15, 0.2) is 0 Å². The summed E-state index contributed by atoms with van der Waals surface area (Å²) in [6.07, 6.45) is 20.4. The lowest BCUT2D eigenvalue weighted by Gasteiger charge is -2.04. The molecule has 0 aromatic carbocycles. The normalized spacial score (nSPS) is 11.5. The molecule has 4 aromatic heterocycles. The SMILES string of the molecule is CCCCCCc1nc(-c2nc(CCCCCC)c(-c3sc(-c4nc(CCCCCC)c(C(=O)O)s4)nc3CCCCCC)s2)sc1C(=O)O. The molecule has 0 spiro atoms. The Morgan fingerprint density at radius 1 is 0.420 bits per heavy atom. The fourth-order valence-electron chi connectivity index (χ4n) is 6.02. The summed E-state index contributed by atoms with van der Waals surface area (Å²) in [5.41, 5.74) is 3.36. The summed E-state index contributed by atoms with van der Waals surface area (Å²) < 4.78 is 0. The number of hydrogen-bond donors (Lipinski definition) is 2. The third kappa shape index (κ3) is 11.2. The largest absolute Gasteiger partial charge is 0.477 e. The zero-order chi connectivity index (χ0) is 35.9. The minimum atomic E-state index is -0.925. The zero-order valence-electron chi connectivity index (χ0n) is 30.3. The summed E-state index contributed by atoms with van der Waals surface area (Å²) in [6, 6.07) is 0. The second-order valence-corrected chi connectivity index (χ2v) is 17.0. The van der Waals surface area contributed by atoms with E-state index >= 15 is 0 Å². The predicted octanol–water partition coefficient (Wildman–Crippen LogP) is 12.4. The number of rotatable bonds is 25. The van der Waals surface area contributed by atoms with Gasteiger partial charge in [0.2, 0.25) is 0 Å². The lowest BCUT2D eigenvalue weighted by atomic mass is 10.1. The highest BCUT2D eigenvalue weighted by Crippen LogP contribution is 2.45. The molecular weight excluding hydrogens is 705 g/mol. The first kappa shape index (κ1) is 40.2. The average molecular weight is 759 g/mol. The molecule has 0 amide bonds. The first-order chi connectivity index (χ1) is 24.3. The van der Waals surface area contributed by atoms with Crippen molar-refractivity contribution in [1.82, 2.24) is 19.9 Å². The zero-order valence-corrected chi connectivity index (χ0v) is 33.5. The van der Waals surface area contributed by atoms with Gasteiger partial charge < -0.3 is 10.2 Å². The fraction of sp³-hybridized carbons (Fsp3) is 0.632. The van der Waals surface area contributed by atoms with Crippen molar-refractivity contribution >= 4 is 57.3 Å². The lowest BCUT2D eigenvalue weighted by Crippen LogP contribution is -1.99. The lowest BCUT2D eigenvalue weighted by molar-refractivity contribution is 0.0689. The molecule has 274 valence electrons. The highest BCUT2D eigenvalue weighted by molar-refractivity contribution is 7.28. The van der Waals surface area contributed by atoms with E-state index in [1.807, 2.05) is 0 Å². The van der Waals surface area contributed by atoms with E-state index in [0.717, 1.165) is 134 Å². The molecule has 2 N–H and O–H groups in total. The van der Waals surface area contributed by atoms with E-state index in [2.05, 4.69) is 27.7 Å². The van der Waals surface area contributed by atoms with E-state index in [1.54, 1.807) is 22.7 Å². The van der Waals surface area contributed by atoms with Gasteiger partial charge in [-0.3, -0.25) is 0 Å². The minimum absolute atomic E-state index is 0.318. The van der Waals surface area contributed by atoms with Gasteiger partial charge in [-0.15, -0.1) is 45.3 Å². The van der Waals surface area contributed by atoms with E-state index in [9.17, 15) is 19.8 Å². The molecule has 0 aliphatic carbocycles. The number of aryl methyl sites for hydroxylation is 4. The topological polar surface area (TPSA) is 126 Å². The van der Waals surface area contributed by atoms with Crippen LogP contribution in [0.1, 0.15) is 173 Å². The number of aromatic nitrogens is 4. The van der Waals surface area contributed by atoms with Gasteiger partial charge in [-0.05, 0) is 51.4 Å². The molecule has 0 atom stereocenters. The van der Waals surface area contributed by atoms with Crippen molar-refractivity contribution in [3.05, 3.63) is 32.5 Å². The van der Waals surface area contributed by atoms with Crippen molar-refractivity contribution in [2.45, 2.75) is 156 Å². The molecule has 0 radical (unpaired) electrons. The van der Waals surface area contributed by atoms with E-state index in [-0.39, 0.29) is 0 Å². The number of unbranched alkanes of at least 4 members (excludes halogenated alkanes) is 12. The number of nitrogens with zero attached hydrogens (tertiary/aromatic N) is 4. The highest BCUT2D eigenvalue weighted by atomic mass is 32.1. The van der Waals surface area contributed by atoms with Crippen LogP contribution >= 0.6 is 45.3 Å². The molecule has 0 fully saturated rings. The van der Waals surface area contributed by atoms with Gasteiger partial charge in [0.15, 0.2) is 20.0 Å². The number of thiazole rings is 4. The monoisotopic (exact) mass is 758 g/mol. The van der Waals surface area contributed by atoms with Crippen LogP contribution in [0.2, 0.25) is 0 Å². The first-order valence-electron chi connectivity index (χ1n) is 18.8. The summed E-state index contributed by atoms with van der Waals surface area (Å²) in [5.74, 6) is -1.85. The smallest absolute Gasteiger partial charge is 0.347 e. The summed E-state index contributed by atoms with van der Waals surface area (Å²) >= 11 is 5.66. The molecule has 4 rings (SSSR count). The minimum Gasteiger partial charge on any atom is -0.477 e. The van der Waals surface area contributed by atoms with Crippen LogP contribution in [0, 0.1) is 0 Å². The van der Waals surface area contributed by atoms with Gasteiger partial charge in [-0.1, -0.05) is 105 Å². The van der Waals surface area contributed by atoms with Gasteiger partial charge in [-0.2, -0.15) is 0 Å². The van der Waals surface area contributed by atoms with Crippen LogP contribution in [0.4, 0.5) is 0 Å². The molecule has 50 heavy (non-hydrogen) atoms. The van der Waals surface area contributed by atoms with Gasteiger partial charge in [-0.25, -0.2) is 29.5 Å². The molecule has 0 aliphatic rings. The molecule has 0 saturated carbocycles. The fourth-order valence-corrected chi connectivity index (χ4v) is 10.4. The molecule has 4 aromatic rings. The van der Waals surface area contributed by atoms with Gasteiger partial charge >= 0.3 is 11.9 Å². The van der Waals surface area contributed by atoms with Crippen molar-refractivity contribution in [3.63, 3.8) is 0 Å². The first-order valence-corrected chi connectivity index (χ1v) is 22.0. The molecule has 0 unspecified atom stereocenters. The van der Waals surface area contributed by atoms with E-state index in [1.165, 1.54) is 35.5 Å². The Hall–Kier alpha value is -2.54. The number of hydrogen-bond acceptors (Lipinski definition) is 10.